The van der Waals surface area contributed by atoms with Gasteiger partial charge in [-0.05, 0) is 29.8 Å². The number of nitrogens with zero attached hydrogens (tertiary/aromatic N) is 1. The van der Waals surface area contributed by atoms with Crippen molar-refractivity contribution in [1.29, 1.82) is 0 Å². The zero-order valence-electron chi connectivity index (χ0n) is 11.4. The molecule has 6 nitrogen and oxygen atoms in total. The van der Waals surface area contributed by atoms with E-state index in [0.717, 1.165) is 11.8 Å². The predicted molar refractivity (Wildman–Crippen MR) is 80.3 cm³/mol. The first kappa shape index (κ1) is 15.0. The fraction of sp³-hybridized carbons (Fsp3) is 0.143. The summed E-state index contributed by atoms with van der Waals surface area (Å²) in [5.74, 6) is -0.232. The molecule has 0 spiro atoms. The number of carbonyl (C=O) groups excluding carboxylic acids is 1. The molecule has 0 fully saturated rings. The third-order valence-corrected chi connectivity index (χ3v) is 3.21. The molecule has 2 aromatic rings. The van der Waals surface area contributed by atoms with Crippen molar-refractivity contribution in [2.24, 2.45) is 0 Å². The third-order valence-electron chi connectivity index (χ3n) is 2.61. The summed E-state index contributed by atoms with van der Waals surface area (Å²) in [6, 6.07) is 10.2. The molecule has 7 heteroatoms. The van der Waals surface area contributed by atoms with E-state index in [0.29, 0.717) is 17.8 Å². The van der Waals surface area contributed by atoms with Crippen LogP contribution in [0.4, 0.5) is 5.69 Å². The van der Waals surface area contributed by atoms with E-state index in [1.807, 2.05) is 0 Å². The van der Waals surface area contributed by atoms with Gasteiger partial charge in [0, 0.05) is 24.6 Å². The van der Waals surface area contributed by atoms with Gasteiger partial charge in [0.05, 0.1) is 11.8 Å². The molecule has 0 aliphatic rings. The molecule has 1 aromatic heterocycles. The molecule has 1 heterocycles. The summed E-state index contributed by atoms with van der Waals surface area (Å²) in [5, 5.41) is 2.75. The first-order valence-corrected chi connectivity index (χ1v) is 8.08. The van der Waals surface area contributed by atoms with Crippen LogP contribution in [0, 0.1) is 0 Å². The van der Waals surface area contributed by atoms with Crippen molar-refractivity contribution in [1.82, 2.24) is 10.3 Å². The number of aromatic nitrogens is 1. The molecule has 0 atom stereocenters. The number of amides is 1. The summed E-state index contributed by atoms with van der Waals surface area (Å²) in [6.45, 7) is 0.299. The van der Waals surface area contributed by atoms with E-state index in [4.69, 9.17) is 0 Å². The fourth-order valence-electron chi connectivity index (χ4n) is 1.74. The lowest BCUT2D eigenvalue weighted by Crippen LogP contribution is -2.22. The van der Waals surface area contributed by atoms with Gasteiger partial charge in [0.2, 0.25) is 10.0 Å². The Hall–Kier alpha value is -2.41. The second kappa shape index (κ2) is 6.36. The maximum atomic E-state index is 11.9. The molecule has 2 rings (SSSR count). The average molecular weight is 305 g/mol. The Labute approximate surface area is 123 Å². The van der Waals surface area contributed by atoms with E-state index >= 15 is 0 Å². The highest BCUT2D eigenvalue weighted by atomic mass is 32.2. The molecule has 0 saturated heterocycles. The van der Waals surface area contributed by atoms with Crippen LogP contribution in [-0.4, -0.2) is 25.6 Å². The smallest absolute Gasteiger partial charge is 0.253 e. The van der Waals surface area contributed by atoms with Gasteiger partial charge in [-0.25, -0.2) is 8.42 Å². The second-order valence-electron chi connectivity index (χ2n) is 4.50. The minimum absolute atomic E-state index is 0.232. The van der Waals surface area contributed by atoms with Crippen LogP contribution in [0.5, 0.6) is 0 Å². The van der Waals surface area contributed by atoms with Crippen LogP contribution in [0.1, 0.15) is 15.9 Å². The van der Waals surface area contributed by atoms with Crippen LogP contribution in [0.2, 0.25) is 0 Å². The summed E-state index contributed by atoms with van der Waals surface area (Å²) < 4.78 is 24.7. The number of nitrogens with one attached hydrogen (secondary N) is 2. The summed E-state index contributed by atoms with van der Waals surface area (Å²) in [5.41, 5.74) is 1.73. The molecule has 0 aliphatic carbocycles. The van der Waals surface area contributed by atoms with Crippen molar-refractivity contribution in [2.75, 3.05) is 11.0 Å². The van der Waals surface area contributed by atoms with Crippen LogP contribution >= 0.6 is 0 Å². The average Bonchev–Trinajstić information content (AvgIpc) is 2.44. The number of rotatable bonds is 5. The van der Waals surface area contributed by atoms with Crippen LogP contribution in [0.15, 0.2) is 48.8 Å². The predicted octanol–water partition coefficient (Wildman–Crippen LogP) is 1.38. The SMILES string of the molecule is CS(=O)(=O)Nc1cccc(CNC(=O)c2cccnc2)c1. The summed E-state index contributed by atoms with van der Waals surface area (Å²) >= 11 is 0. The van der Waals surface area contributed by atoms with Crippen LogP contribution in [-0.2, 0) is 16.6 Å². The minimum Gasteiger partial charge on any atom is -0.348 e. The molecule has 0 saturated carbocycles. The fourth-order valence-corrected chi connectivity index (χ4v) is 2.30. The van der Waals surface area contributed by atoms with Gasteiger partial charge in [-0.15, -0.1) is 0 Å². The zero-order valence-corrected chi connectivity index (χ0v) is 12.2. The first-order chi connectivity index (χ1) is 9.94. The van der Waals surface area contributed by atoms with E-state index in [2.05, 4.69) is 15.0 Å². The Kier molecular flexibility index (Phi) is 4.54. The van der Waals surface area contributed by atoms with Crippen LogP contribution < -0.4 is 10.0 Å². The molecular weight excluding hydrogens is 290 g/mol. The van der Waals surface area contributed by atoms with Gasteiger partial charge in [0.25, 0.3) is 5.91 Å². The molecule has 0 radical (unpaired) electrons. The lowest BCUT2D eigenvalue weighted by Gasteiger charge is -2.08. The number of pyridine rings is 1. The largest absolute Gasteiger partial charge is 0.348 e. The highest BCUT2D eigenvalue weighted by molar-refractivity contribution is 7.92. The van der Waals surface area contributed by atoms with Gasteiger partial charge in [-0.2, -0.15) is 0 Å². The number of hydrogen-bond donors (Lipinski definition) is 2. The molecule has 2 N–H and O–H groups in total. The van der Waals surface area contributed by atoms with Crippen molar-refractivity contribution >= 4 is 21.6 Å². The number of benzene rings is 1. The van der Waals surface area contributed by atoms with Gasteiger partial charge in [0.15, 0.2) is 0 Å². The highest BCUT2D eigenvalue weighted by Gasteiger charge is 2.06. The van der Waals surface area contributed by atoms with Gasteiger partial charge < -0.3 is 5.32 Å². The molecule has 0 unspecified atom stereocenters. The molecule has 1 aromatic carbocycles. The number of carbonyl (C=O) groups is 1. The van der Waals surface area contributed by atoms with Gasteiger partial charge in [-0.3, -0.25) is 14.5 Å². The van der Waals surface area contributed by atoms with Crippen molar-refractivity contribution < 1.29 is 13.2 Å². The Bertz CT molecular complexity index is 730. The summed E-state index contributed by atoms with van der Waals surface area (Å²) in [6.07, 6.45) is 4.16. The number of anilines is 1. The van der Waals surface area contributed by atoms with Gasteiger partial charge >= 0.3 is 0 Å². The maximum absolute atomic E-state index is 11.9. The second-order valence-corrected chi connectivity index (χ2v) is 6.25. The normalized spacial score (nSPS) is 10.9. The molecule has 0 aliphatic heterocycles. The van der Waals surface area contributed by atoms with E-state index in [-0.39, 0.29) is 5.91 Å². The summed E-state index contributed by atoms with van der Waals surface area (Å²) in [4.78, 5) is 15.7. The lowest BCUT2D eigenvalue weighted by molar-refractivity contribution is 0.0950. The lowest BCUT2D eigenvalue weighted by atomic mass is 10.2. The molecule has 110 valence electrons. The van der Waals surface area contributed by atoms with E-state index in [1.54, 1.807) is 42.6 Å². The van der Waals surface area contributed by atoms with Crippen molar-refractivity contribution in [3.63, 3.8) is 0 Å². The van der Waals surface area contributed by atoms with Crippen molar-refractivity contribution in [2.45, 2.75) is 6.54 Å². The Morgan fingerprint density at radius 2 is 2.05 bits per heavy atom. The Balaban J connectivity index is 2.01. The Morgan fingerprint density at radius 3 is 2.71 bits per heavy atom. The molecular formula is C14H15N3O3S. The number of hydrogen-bond acceptors (Lipinski definition) is 4. The minimum atomic E-state index is -3.31. The van der Waals surface area contributed by atoms with Crippen molar-refractivity contribution in [3.8, 4) is 0 Å². The van der Waals surface area contributed by atoms with Gasteiger partial charge in [-0.1, -0.05) is 12.1 Å². The van der Waals surface area contributed by atoms with E-state index in [1.165, 1.54) is 6.20 Å². The zero-order chi connectivity index (χ0) is 15.3. The molecule has 1 amide bonds. The monoisotopic (exact) mass is 305 g/mol. The van der Waals surface area contributed by atoms with Crippen LogP contribution in [0.3, 0.4) is 0 Å². The standard InChI is InChI=1S/C14H15N3O3S/c1-21(19,20)17-13-6-2-4-11(8-13)9-16-14(18)12-5-3-7-15-10-12/h2-8,10,17H,9H2,1H3,(H,16,18). The van der Waals surface area contributed by atoms with Crippen LogP contribution in [0.25, 0.3) is 0 Å². The van der Waals surface area contributed by atoms with Crippen molar-refractivity contribution in [3.05, 3.63) is 59.9 Å². The maximum Gasteiger partial charge on any atom is 0.253 e. The van der Waals surface area contributed by atoms with E-state index in [9.17, 15) is 13.2 Å². The molecule has 21 heavy (non-hydrogen) atoms. The quantitative estimate of drug-likeness (QED) is 0.873. The first-order valence-electron chi connectivity index (χ1n) is 6.19. The van der Waals surface area contributed by atoms with E-state index < -0.39 is 10.0 Å². The highest BCUT2D eigenvalue weighted by Crippen LogP contribution is 2.12. The molecule has 0 bridgehead atoms. The summed E-state index contributed by atoms with van der Waals surface area (Å²) in [7, 11) is -3.31. The topological polar surface area (TPSA) is 88.2 Å². The Morgan fingerprint density at radius 1 is 1.24 bits per heavy atom. The third kappa shape index (κ3) is 4.88. The number of sulfonamides is 1. The van der Waals surface area contributed by atoms with Gasteiger partial charge in [0.1, 0.15) is 0 Å².